The van der Waals surface area contributed by atoms with Crippen LogP contribution in [0.5, 0.6) is 0 Å². The van der Waals surface area contributed by atoms with E-state index in [-0.39, 0.29) is 11.9 Å². The highest BCUT2D eigenvalue weighted by molar-refractivity contribution is 5.91. The van der Waals surface area contributed by atoms with Gasteiger partial charge >= 0.3 is 0 Å². The molecule has 1 aromatic rings. The van der Waals surface area contributed by atoms with Gasteiger partial charge in [-0.25, -0.2) is 0 Å². The van der Waals surface area contributed by atoms with Gasteiger partial charge in [0.15, 0.2) is 0 Å². The number of nitrogens with one attached hydrogen (secondary N) is 1. The quantitative estimate of drug-likeness (QED) is 0.463. The fraction of sp³-hybridized carbons (Fsp3) is 0.214. The zero-order valence-electron chi connectivity index (χ0n) is 10.0. The summed E-state index contributed by atoms with van der Waals surface area (Å²) in [7, 11) is 0. The number of rotatable bonds is 5. The summed E-state index contributed by atoms with van der Waals surface area (Å²) < 4.78 is 0. The summed E-state index contributed by atoms with van der Waals surface area (Å²) in [4.78, 5) is 11.5. The molecule has 0 aromatic heterocycles. The highest BCUT2D eigenvalue weighted by Gasteiger charge is 2.01. The van der Waals surface area contributed by atoms with Crippen molar-refractivity contribution < 1.29 is 4.79 Å². The highest BCUT2D eigenvalue weighted by Crippen LogP contribution is 2.06. The fourth-order valence-corrected chi connectivity index (χ4v) is 1.38. The molecule has 0 aliphatic rings. The number of benzene rings is 1. The Labute approximate surface area is 102 Å². The lowest BCUT2D eigenvalue weighted by Gasteiger charge is -2.08. The van der Waals surface area contributed by atoms with Gasteiger partial charge in [-0.1, -0.05) is 18.2 Å². The molecule has 1 rings (SSSR count). The second-order valence-corrected chi connectivity index (χ2v) is 3.93. The van der Waals surface area contributed by atoms with Gasteiger partial charge in [-0.05, 0) is 37.1 Å². The Morgan fingerprint density at radius 3 is 2.71 bits per heavy atom. The molecule has 0 aliphatic heterocycles. The largest absolute Gasteiger partial charge is 0.399 e. The molecule has 3 N–H and O–H groups in total. The van der Waals surface area contributed by atoms with Gasteiger partial charge in [-0.3, -0.25) is 4.79 Å². The van der Waals surface area contributed by atoms with Crippen molar-refractivity contribution in [2.75, 3.05) is 5.73 Å². The van der Waals surface area contributed by atoms with E-state index in [0.717, 1.165) is 12.0 Å². The molecule has 90 valence electrons. The van der Waals surface area contributed by atoms with Crippen LogP contribution in [0, 0.1) is 0 Å². The third-order valence-electron chi connectivity index (χ3n) is 2.27. The first-order chi connectivity index (χ1) is 8.11. The molecule has 1 amide bonds. The molecule has 1 atom stereocenters. The summed E-state index contributed by atoms with van der Waals surface area (Å²) in [5.74, 6) is -0.101. The van der Waals surface area contributed by atoms with Crippen molar-refractivity contribution >= 4 is 17.7 Å². The maximum absolute atomic E-state index is 11.5. The van der Waals surface area contributed by atoms with Gasteiger partial charge in [0.25, 0.3) is 0 Å². The smallest absolute Gasteiger partial charge is 0.244 e. The molecule has 0 bridgehead atoms. The van der Waals surface area contributed by atoms with Crippen LogP contribution in [-0.2, 0) is 4.79 Å². The van der Waals surface area contributed by atoms with Gasteiger partial charge in [0, 0.05) is 17.8 Å². The Kier molecular flexibility index (Phi) is 5.01. The lowest BCUT2D eigenvalue weighted by molar-refractivity contribution is -0.117. The molecule has 3 heteroatoms. The van der Waals surface area contributed by atoms with Crippen LogP contribution in [0.25, 0.3) is 6.08 Å². The zero-order valence-corrected chi connectivity index (χ0v) is 10.0. The van der Waals surface area contributed by atoms with E-state index in [4.69, 9.17) is 5.73 Å². The lowest BCUT2D eigenvalue weighted by atomic mass is 10.2. The van der Waals surface area contributed by atoms with E-state index in [1.807, 2.05) is 19.1 Å². The standard InChI is InChI=1S/C14H18N2O/c1-3-4-11(2)16-14(17)10-7-12-5-8-13(15)9-6-12/h3,5-11H,1,4,15H2,2H3,(H,16,17)/b10-7+. The van der Waals surface area contributed by atoms with Crippen LogP contribution in [0.4, 0.5) is 5.69 Å². The molecule has 1 aromatic carbocycles. The molecule has 0 fully saturated rings. The lowest BCUT2D eigenvalue weighted by Crippen LogP contribution is -2.30. The molecular weight excluding hydrogens is 212 g/mol. The zero-order chi connectivity index (χ0) is 12.7. The Morgan fingerprint density at radius 1 is 1.47 bits per heavy atom. The number of nitrogen functional groups attached to an aromatic ring is 1. The third-order valence-corrected chi connectivity index (χ3v) is 2.27. The minimum absolute atomic E-state index is 0.101. The molecule has 0 saturated carbocycles. The molecule has 0 heterocycles. The van der Waals surface area contributed by atoms with Crippen LogP contribution >= 0.6 is 0 Å². The van der Waals surface area contributed by atoms with Crippen LogP contribution in [-0.4, -0.2) is 11.9 Å². The molecule has 0 spiro atoms. The molecule has 0 radical (unpaired) electrons. The van der Waals surface area contributed by atoms with E-state index in [2.05, 4.69) is 11.9 Å². The van der Waals surface area contributed by atoms with Crippen molar-refractivity contribution in [2.24, 2.45) is 0 Å². The van der Waals surface area contributed by atoms with E-state index in [9.17, 15) is 4.79 Å². The van der Waals surface area contributed by atoms with Crippen molar-refractivity contribution in [1.29, 1.82) is 0 Å². The van der Waals surface area contributed by atoms with Crippen molar-refractivity contribution in [3.63, 3.8) is 0 Å². The number of hydrogen-bond acceptors (Lipinski definition) is 2. The van der Waals surface area contributed by atoms with Gasteiger partial charge in [-0.15, -0.1) is 6.58 Å². The minimum atomic E-state index is -0.101. The van der Waals surface area contributed by atoms with Crippen LogP contribution in [0.3, 0.4) is 0 Å². The number of amides is 1. The summed E-state index contributed by atoms with van der Waals surface area (Å²) >= 11 is 0. The van der Waals surface area contributed by atoms with Crippen molar-refractivity contribution in [3.05, 3.63) is 48.6 Å². The molecular formula is C14H18N2O. The Hall–Kier alpha value is -2.03. The van der Waals surface area contributed by atoms with Gasteiger partial charge < -0.3 is 11.1 Å². The first-order valence-electron chi connectivity index (χ1n) is 5.57. The van der Waals surface area contributed by atoms with Gasteiger partial charge in [0.05, 0.1) is 0 Å². The van der Waals surface area contributed by atoms with Gasteiger partial charge in [0.1, 0.15) is 0 Å². The minimum Gasteiger partial charge on any atom is -0.399 e. The molecule has 0 aliphatic carbocycles. The number of nitrogens with two attached hydrogens (primary N) is 1. The number of carbonyl (C=O) groups is 1. The second-order valence-electron chi connectivity index (χ2n) is 3.93. The van der Waals surface area contributed by atoms with E-state index < -0.39 is 0 Å². The number of anilines is 1. The van der Waals surface area contributed by atoms with Crippen LogP contribution in [0.1, 0.15) is 18.9 Å². The monoisotopic (exact) mass is 230 g/mol. The number of hydrogen-bond donors (Lipinski definition) is 2. The molecule has 0 saturated heterocycles. The molecule has 1 unspecified atom stereocenters. The SMILES string of the molecule is C=CCC(C)NC(=O)/C=C/c1ccc(N)cc1. The summed E-state index contributed by atoms with van der Waals surface area (Å²) in [6, 6.07) is 7.45. The van der Waals surface area contributed by atoms with Gasteiger partial charge in [0.2, 0.25) is 5.91 Å². The average molecular weight is 230 g/mol. The summed E-state index contributed by atoms with van der Waals surface area (Å²) in [5.41, 5.74) is 7.23. The number of carbonyl (C=O) groups excluding carboxylic acids is 1. The van der Waals surface area contributed by atoms with Crippen LogP contribution in [0.2, 0.25) is 0 Å². The maximum Gasteiger partial charge on any atom is 0.244 e. The Morgan fingerprint density at radius 2 is 2.12 bits per heavy atom. The normalized spacial score (nSPS) is 12.3. The highest BCUT2D eigenvalue weighted by atomic mass is 16.1. The van der Waals surface area contributed by atoms with Crippen LogP contribution in [0.15, 0.2) is 43.0 Å². The first-order valence-corrected chi connectivity index (χ1v) is 5.57. The topological polar surface area (TPSA) is 55.1 Å². The van der Waals surface area contributed by atoms with E-state index in [1.165, 1.54) is 6.08 Å². The summed E-state index contributed by atoms with van der Waals surface area (Å²) in [6.07, 6.45) is 5.83. The maximum atomic E-state index is 11.5. The van der Waals surface area contributed by atoms with Crippen molar-refractivity contribution in [1.82, 2.24) is 5.32 Å². The van der Waals surface area contributed by atoms with E-state index in [1.54, 1.807) is 24.3 Å². The van der Waals surface area contributed by atoms with E-state index in [0.29, 0.717) is 5.69 Å². The Bertz CT molecular complexity index is 407. The van der Waals surface area contributed by atoms with E-state index >= 15 is 0 Å². The molecule has 3 nitrogen and oxygen atoms in total. The first kappa shape index (κ1) is 13.0. The third kappa shape index (κ3) is 5.02. The Balaban J connectivity index is 2.50. The molecule has 17 heavy (non-hydrogen) atoms. The van der Waals surface area contributed by atoms with Crippen molar-refractivity contribution in [3.8, 4) is 0 Å². The average Bonchev–Trinajstić information content (AvgIpc) is 2.28. The predicted molar refractivity (Wildman–Crippen MR) is 72.3 cm³/mol. The fourth-order valence-electron chi connectivity index (χ4n) is 1.38. The van der Waals surface area contributed by atoms with Crippen molar-refractivity contribution in [2.45, 2.75) is 19.4 Å². The van der Waals surface area contributed by atoms with Gasteiger partial charge in [-0.2, -0.15) is 0 Å². The predicted octanol–water partition coefficient (Wildman–Crippen LogP) is 2.36. The van der Waals surface area contributed by atoms with Crippen LogP contribution < -0.4 is 11.1 Å². The summed E-state index contributed by atoms with van der Waals surface area (Å²) in [6.45, 7) is 5.57. The second kappa shape index (κ2) is 6.53. The summed E-state index contributed by atoms with van der Waals surface area (Å²) in [5, 5.41) is 2.84.